The van der Waals surface area contributed by atoms with Crippen LogP contribution in [0.4, 0.5) is 0 Å². The second-order valence-electron chi connectivity index (χ2n) is 5.17. The topological polar surface area (TPSA) is 17.4 Å². The fraction of sp³-hybridized carbons (Fsp3) is 0.467. The largest absolute Gasteiger partial charge is 0.379 e. The Labute approximate surface area is 108 Å². The van der Waals surface area contributed by atoms with Crippen LogP contribution in [0.5, 0.6) is 0 Å². The molecule has 0 amide bonds. The number of nitrogens with zero attached hydrogens (tertiary/aromatic N) is 2. The Morgan fingerprint density at radius 1 is 1.22 bits per heavy atom. The lowest BCUT2D eigenvalue weighted by atomic mass is 10.1. The molecular weight excluding hydrogens is 224 g/mol. The first-order valence-corrected chi connectivity index (χ1v) is 6.59. The normalized spacial score (nSPS) is 17.4. The van der Waals surface area contributed by atoms with Crippen molar-refractivity contribution in [1.29, 1.82) is 0 Å². The van der Waals surface area contributed by atoms with Gasteiger partial charge >= 0.3 is 0 Å². The van der Waals surface area contributed by atoms with Crippen LogP contribution in [0.15, 0.2) is 24.4 Å². The molecule has 96 valence electrons. The van der Waals surface area contributed by atoms with Gasteiger partial charge in [-0.3, -0.25) is 4.90 Å². The quantitative estimate of drug-likeness (QED) is 0.806. The summed E-state index contributed by atoms with van der Waals surface area (Å²) in [5, 5.41) is 1.38. The van der Waals surface area contributed by atoms with Crippen molar-refractivity contribution in [2.24, 2.45) is 7.05 Å². The minimum atomic E-state index is 0.865. The van der Waals surface area contributed by atoms with Crippen molar-refractivity contribution in [3.63, 3.8) is 0 Å². The van der Waals surface area contributed by atoms with Crippen molar-refractivity contribution in [3.8, 4) is 0 Å². The first kappa shape index (κ1) is 11.8. The number of fused-ring (bicyclic) bond motifs is 1. The van der Waals surface area contributed by atoms with E-state index in [2.05, 4.69) is 47.8 Å². The molecule has 1 aliphatic rings. The van der Waals surface area contributed by atoms with E-state index < -0.39 is 0 Å². The van der Waals surface area contributed by atoms with Gasteiger partial charge in [0.25, 0.3) is 0 Å². The number of aryl methyl sites for hydroxylation is 2. The Balaban J connectivity index is 1.91. The van der Waals surface area contributed by atoms with Crippen molar-refractivity contribution < 1.29 is 4.74 Å². The highest BCUT2D eigenvalue weighted by Gasteiger charge is 2.14. The van der Waals surface area contributed by atoms with E-state index in [4.69, 9.17) is 4.74 Å². The summed E-state index contributed by atoms with van der Waals surface area (Å²) in [6.07, 6.45) is 2.26. The van der Waals surface area contributed by atoms with Crippen molar-refractivity contribution in [2.75, 3.05) is 26.3 Å². The predicted octanol–water partition coefficient (Wildman–Crippen LogP) is 2.32. The first-order valence-electron chi connectivity index (χ1n) is 6.59. The summed E-state index contributed by atoms with van der Waals surface area (Å²) in [4.78, 5) is 2.47. The van der Waals surface area contributed by atoms with Crippen molar-refractivity contribution in [2.45, 2.75) is 13.5 Å². The van der Waals surface area contributed by atoms with Crippen LogP contribution in [0.25, 0.3) is 10.9 Å². The van der Waals surface area contributed by atoms with Gasteiger partial charge in [-0.1, -0.05) is 12.1 Å². The summed E-state index contributed by atoms with van der Waals surface area (Å²) in [5.74, 6) is 0. The van der Waals surface area contributed by atoms with E-state index in [1.54, 1.807) is 0 Å². The molecule has 0 spiro atoms. The fourth-order valence-electron chi connectivity index (χ4n) is 2.70. The number of rotatable bonds is 2. The number of hydrogen-bond acceptors (Lipinski definition) is 2. The van der Waals surface area contributed by atoms with Crippen molar-refractivity contribution >= 4 is 10.9 Å². The molecule has 2 heterocycles. The van der Waals surface area contributed by atoms with E-state index >= 15 is 0 Å². The molecule has 1 aliphatic heterocycles. The maximum absolute atomic E-state index is 5.40. The number of morpholine rings is 1. The van der Waals surface area contributed by atoms with Crippen LogP contribution < -0.4 is 0 Å². The number of aromatic nitrogens is 1. The van der Waals surface area contributed by atoms with Gasteiger partial charge in [0.05, 0.1) is 13.2 Å². The lowest BCUT2D eigenvalue weighted by Crippen LogP contribution is -2.35. The summed E-state index contributed by atoms with van der Waals surface area (Å²) in [7, 11) is 2.13. The van der Waals surface area contributed by atoms with Crippen molar-refractivity contribution in [1.82, 2.24) is 9.47 Å². The standard InChI is InChI=1S/C15H20N2O/c1-12-3-4-14-13(10-16(2)15(14)9-12)11-17-5-7-18-8-6-17/h3-4,9-10H,5-8,11H2,1-2H3. The van der Waals surface area contributed by atoms with Gasteiger partial charge in [-0.15, -0.1) is 0 Å². The summed E-state index contributed by atoms with van der Waals surface area (Å²) >= 11 is 0. The predicted molar refractivity (Wildman–Crippen MR) is 73.8 cm³/mol. The highest BCUT2D eigenvalue weighted by Crippen LogP contribution is 2.23. The Hall–Kier alpha value is -1.32. The SMILES string of the molecule is Cc1ccc2c(CN3CCOCC3)cn(C)c2c1. The molecule has 3 heteroatoms. The highest BCUT2D eigenvalue weighted by atomic mass is 16.5. The molecule has 0 atom stereocenters. The van der Waals surface area contributed by atoms with E-state index in [1.807, 2.05) is 0 Å². The average molecular weight is 244 g/mol. The van der Waals surface area contributed by atoms with E-state index in [9.17, 15) is 0 Å². The Morgan fingerprint density at radius 3 is 2.78 bits per heavy atom. The maximum atomic E-state index is 5.40. The molecule has 0 aliphatic carbocycles. The zero-order chi connectivity index (χ0) is 12.5. The van der Waals surface area contributed by atoms with Gasteiger partial charge in [0.1, 0.15) is 0 Å². The van der Waals surface area contributed by atoms with E-state index in [0.717, 1.165) is 32.8 Å². The van der Waals surface area contributed by atoms with E-state index in [1.165, 1.54) is 22.0 Å². The molecule has 2 aromatic rings. The van der Waals surface area contributed by atoms with Gasteiger partial charge in [-0.05, 0) is 24.1 Å². The van der Waals surface area contributed by atoms with Gasteiger partial charge in [0.2, 0.25) is 0 Å². The molecule has 0 saturated carbocycles. The number of ether oxygens (including phenoxy) is 1. The lowest BCUT2D eigenvalue weighted by molar-refractivity contribution is 0.0343. The molecule has 1 saturated heterocycles. The van der Waals surface area contributed by atoms with Crippen molar-refractivity contribution in [3.05, 3.63) is 35.5 Å². The van der Waals surface area contributed by atoms with E-state index in [-0.39, 0.29) is 0 Å². The third kappa shape index (κ3) is 2.16. The molecule has 1 aromatic heterocycles. The maximum Gasteiger partial charge on any atom is 0.0594 e. The zero-order valence-electron chi connectivity index (χ0n) is 11.1. The first-order chi connectivity index (χ1) is 8.74. The molecule has 18 heavy (non-hydrogen) atoms. The molecule has 3 rings (SSSR count). The monoisotopic (exact) mass is 244 g/mol. The van der Waals surface area contributed by atoms with E-state index in [0.29, 0.717) is 0 Å². The fourth-order valence-corrected chi connectivity index (χ4v) is 2.70. The van der Waals surface area contributed by atoms with Crippen LogP contribution in [-0.4, -0.2) is 35.8 Å². The minimum Gasteiger partial charge on any atom is -0.379 e. The molecule has 1 aromatic carbocycles. The summed E-state index contributed by atoms with van der Waals surface area (Å²) in [6, 6.07) is 6.71. The Bertz CT molecular complexity index is 553. The van der Waals surface area contributed by atoms with Gasteiger partial charge < -0.3 is 9.30 Å². The summed E-state index contributed by atoms with van der Waals surface area (Å²) in [5.41, 5.74) is 4.08. The number of benzene rings is 1. The van der Waals surface area contributed by atoms with Crippen LogP contribution in [0.3, 0.4) is 0 Å². The van der Waals surface area contributed by atoms with Crippen LogP contribution in [0.2, 0.25) is 0 Å². The second-order valence-corrected chi connectivity index (χ2v) is 5.17. The lowest BCUT2D eigenvalue weighted by Gasteiger charge is -2.26. The molecule has 1 fully saturated rings. The number of hydrogen-bond donors (Lipinski definition) is 0. The van der Waals surface area contributed by atoms with Crippen LogP contribution in [0.1, 0.15) is 11.1 Å². The van der Waals surface area contributed by atoms with Crippen LogP contribution in [0, 0.1) is 6.92 Å². The van der Waals surface area contributed by atoms with Gasteiger partial charge in [-0.2, -0.15) is 0 Å². The Morgan fingerprint density at radius 2 is 2.00 bits per heavy atom. The smallest absolute Gasteiger partial charge is 0.0594 e. The molecule has 0 unspecified atom stereocenters. The van der Waals surface area contributed by atoms with Crippen LogP contribution >= 0.6 is 0 Å². The van der Waals surface area contributed by atoms with Gasteiger partial charge in [0.15, 0.2) is 0 Å². The highest BCUT2D eigenvalue weighted by molar-refractivity contribution is 5.84. The molecule has 0 bridgehead atoms. The van der Waals surface area contributed by atoms with Gasteiger partial charge in [-0.25, -0.2) is 0 Å². The third-order valence-electron chi connectivity index (χ3n) is 3.73. The molecule has 0 N–H and O–H groups in total. The molecular formula is C15H20N2O. The average Bonchev–Trinajstić information content (AvgIpc) is 2.67. The second kappa shape index (κ2) is 4.75. The Kier molecular flexibility index (Phi) is 3.10. The van der Waals surface area contributed by atoms with Gasteiger partial charge in [0, 0.05) is 43.8 Å². The third-order valence-corrected chi connectivity index (χ3v) is 3.73. The molecule has 3 nitrogen and oxygen atoms in total. The minimum absolute atomic E-state index is 0.865. The summed E-state index contributed by atoms with van der Waals surface area (Å²) < 4.78 is 7.63. The van der Waals surface area contributed by atoms with Crippen LogP contribution in [-0.2, 0) is 18.3 Å². The summed E-state index contributed by atoms with van der Waals surface area (Å²) in [6.45, 7) is 7.00. The molecule has 0 radical (unpaired) electrons. The zero-order valence-corrected chi connectivity index (χ0v) is 11.1.